The van der Waals surface area contributed by atoms with Crippen LogP contribution in [0.5, 0.6) is 0 Å². The first-order chi connectivity index (χ1) is 8.74. The highest BCUT2D eigenvalue weighted by Gasteiger charge is 2.30. The highest BCUT2D eigenvalue weighted by Crippen LogP contribution is 2.18. The summed E-state index contributed by atoms with van der Waals surface area (Å²) in [5, 5.41) is 22.5. The van der Waals surface area contributed by atoms with Crippen LogP contribution in [0.2, 0.25) is 0 Å². The van der Waals surface area contributed by atoms with Crippen LogP contribution in [-0.4, -0.2) is 34.4 Å². The van der Waals surface area contributed by atoms with Gasteiger partial charge in [0.1, 0.15) is 5.82 Å². The highest BCUT2D eigenvalue weighted by molar-refractivity contribution is 5.90. The number of urea groups is 1. The second kappa shape index (κ2) is 5.66. The van der Waals surface area contributed by atoms with Gasteiger partial charge in [-0.05, 0) is 25.5 Å². The van der Waals surface area contributed by atoms with Crippen LogP contribution < -0.4 is 10.6 Å². The molecule has 1 atom stereocenters. The average Bonchev–Trinajstić information content (AvgIpc) is 2.31. The predicted molar refractivity (Wildman–Crippen MR) is 66.4 cm³/mol. The molecule has 0 radical (unpaired) electrons. The first-order valence-corrected chi connectivity index (χ1v) is 5.50. The van der Waals surface area contributed by atoms with E-state index in [-0.39, 0.29) is 5.69 Å². The second-order valence-corrected chi connectivity index (χ2v) is 4.32. The zero-order chi connectivity index (χ0) is 14.6. The Morgan fingerprint density at radius 3 is 2.58 bits per heavy atom. The maximum atomic E-state index is 13.4. The lowest BCUT2D eigenvalue weighted by atomic mass is 10.1. The van der Waals surface area contributed by atoms with E-state index in [4.69, 9.17) is 5.11 Å². The van der Waals surface area contributed by atoms with Crippen LogP contribution in [0, 0.1) is 12.7 Å². The Morgan fingerprint density at radius 1 is 1.42 bits per heavy atom. The first kappa shape index (κ1) is 14.9. The van der Waals surface area contributed by atoms with Crippen molar-refractivity contribution in [2.45, 2.75) is 19.4 Å². The van der Waals surface area contributed by atoms with E-state index in [0.29, 0.717) is 5.56 Å². The standard InChI is InChI=1S/C12H15FN2O4/c1-7-4-3-5-8(13)9(7)15-11(18)14-6-12(2,19)10(16)17/h3-5,19H,6H2,1-2H3,(H,16,17)(H2,14,15,18). The molecule has 6 nitrogen and oxygen atoms in total. The zero-order valence-corrected chi connectivity index (χ0v) is 10.5. The topological polar surface area (TPSA) is 98.7 Å². The van der Waals surface area contributed by atoms with E-state index in [0.717, 1.165) is 6.92 Å². The lowest BCUT2D eigenvalue weighted by Crippen LogP contribution is -2.47. The normalized spacial score (nSPS) is 13.5. The minimum Gasteiger partial charge on any atom is -0.479 e. The van der Waals surface area contributed by atoms with Gasteiger partial charge in [-0.15, -0.1) is 0 Å². The van der Waals surface area contributed by atoms with E-state index in [1.165, 1.54) is 12.1 Å². The summed E-state index contributed by atoms with van der Waals surface area (Å²) < 4.78 is 13.4. The summed E-state index contributed by atoms with van der Waals surface area (Å²) >= 11 is 0. The Morgan fingerprint density at radius 2 is 2.05 bits per heavy atom. The Bertz CT molecular complexity index is 482. The smallest absolute Gasteiger partial charge is 0.337 e. The number of hydrogen-bond acceptors (Lipinski definition) is 3. The molecular weight excluding hydrogens is 255 g/mol. The summed E-state index contributed by atoms with van der Waals surface area (Å²) in [5.74, 6) is -2.06. The Labute approximate surface area is 109 Å². The minimum absolute atomic E-state index is 0.00923. The molecule has 2 amide bonds. The summed E-state index contributed by atoms with van der Waals surface area (Å²) in [5.41, 5.74) is -1.54. The number of hydrogen-bond donors (Lipinski definition) is 4. The molecule has 0 aliphatic heterocycles. The number of carboxylic acid groups (broad SMARTS) is 1. The lowest BCUT2D eigenvalue weighted by Gasteiger charge is -2.18. The van der Waals surface area contributed by atoms with Crippen molar-refractivity contribution >= 4 is 17.7 Å². The molecule has 0 heterocycles. The van der Waals surface area contributed by atoms with Gasteiger partial charge in [0, 0.05) is 0 Å². The van der Waals surface area contributed by atoms with Gasteiger partial charge in [0.25, 0.3) is 0 Å². The Kier molecular flexibility index (Phi) is 4.44. The van der Waals surface area contributed by atoms with Gasteiger partial charge >= 0.3 is 12.0 Å². The molecule has 1 unspecified atom stereocenters. The molecule has 0 saturated carbocycles. The largest absolute Gasteiger partial charge is 0.479 e. The Balaban J connectivity index is 2.64. The summed E-state index contributed by atoms with van der Waals surface area (Å²) in [4.78, 5) is 22.1. The van der Waals surface area contributed by atoms with Crippen molar-refractivity contribution in [2.75, 3.05) is 11.9 Å². The summed E-state index contributed by atoms with van der Waals surface area (Å²) in [7, 11) is 0. The third kappa shape index (κ3) is 3.92. The summed E-state index contributed by atoms with van der Waals surface area (Å²) in [6.07, 6.45) is 0. The van der Waals surface area contributed by atoms with Gasteiger partial charge in [0.15, 0.2) is 5.60 Å². The summed E-state index contributed by atoms with van der Waals surface area (Å²) in [6.45, 7) is 2.16. The molecule has 1 aromatic carbocycles. The van der Waals surface area contributed by atoms with Crippen LogP contribution in [0.1, 0.15) is 12.5 Å². The van der Waals surface area contributed by atoms with Gasteiger partial charge in [-0.2, -0.15) is 0 Å². The molecule has 1 rings (SSSR count). The molecule has 0 saturated heterocycles. The van der Waals surface area contributed by atoms with E-state index in [9.17, 15) is 19.1 Å². The number of carbonyl (C=O) groups excluding carboxylic acids is 1. The SMILES string of the molecule is Cc1cccc(F)c1NC(=O)NCC(C)(O)C(=O)O. The molecule has 0 fully saturated rings. The average molecular weight is 270 g/mol. The molecule has 104 valence electrons. The minimum atomic E-state index is -2.08. The van der Waals surface area contributed by atoms with Gasteiger partial charge in [0.05, 0.1) is 12.2 Å². The van der Waals surface area contributed by atoms with E-state index in [1.807, 2.05) is 0 Å². The van der Waals surface area contributed by atoms with Crippen LogP contribution in [0.3, 0.4) is 0 Å². The van der Waals surface area contributed by atoms with Crippen LogP contribution in [0.15, 0.2) is 18.2 Å². The molecule has 0 spiro atoms. The van der Waals surface area contributed by atoms with E-state index in [2.05, 4.69) is 10.6 Å². The predicted octanol–water partition coefficient (Wildman–Crippen LogP) is 1.09. The monoisotopic (exact) mass is 270 g/mol. The third-order valence-corrected chi connectivity index (χ3v) is 2.51. The number of rotatable bonds is 4. The van der Waals surface area contributed by atoms with E-state index >= 15 is 0 Å². The molecule has 0 aliphatic rings. The van der Waals surface area contributed by atoms with Crippen molar-refractivity contribution in [3.05, 3.63) is 29.6 Å². The Hall–Kier alpha value is -2.15. The first-order valence-electron chi connectivity index (χ1n) is 5.50. The molecule has 7 heteroatoms. The zero-order valence-electron chi connectivity index (χ0n) is 10.5. The van der Waals surface area contributed by atoms with Gasteiger partial charge in [-0.3, -0.25) is 0 Å². The van der Waals surface area contributed by atoms with Crippen molar-refractivity contribution in [1.29, 1.82) is 0 Å². The molecule has 4 N–H and O–H groups in total. The van der Waals surface area contributed by atoms with Crippen LogP contribution in [-0.2, 0) is 4.79 Å². The number of para-hydroxylation sites is 1. The number of nitrogens with one attached hydrogen (secondary N) is 2. The van der Waals surface area contributed by atoms with Crippen LogP contribution >= 0.6 is 0 Å². The lowest BCUT2D eigenvalue weighted by molar-refractivity contribution is -0.155. The molecule has 1 aromatic rings. The van der Waals surface area contributed by atoms with Crippen molar-refractivity contribution in [3.8, 4) is 0 Å². The van der Waals surface area contributed by atoms with Crippen molar-refractivity contribution in [2.24, 2.45) is 0 Å². The fourth-order valence-electron chi connectivity index (χ4n) is 1.28. The number of amides is 2. The molecule has 0 aliphatic carbocycles. The maximum Gasteiger partial charge on any atom is 0.337 e. The van der Waals surface area contributed by atoms with Gasteiger partial charge in [-0.1, -0.05) is 12.1 Å². The molecule has 0 aromatic heterocycles. The fraction of sp³-hybridized carbons (Fsp3) is 0.333. The fourth-order valence-corrected chi connectivity index (χ4v) is 1.28. The number of carboxylic acids is 1. The quantitative estimate of drug-likeness (QED) is 0.658. The molecule has 0 bridgehead atoms. The van der Waals surface area contributed by atoms with E-state index < -0.39 is 30.0 Å². The number of halogens is 1. The van der Waals surface area contributed by atoms with Crippen LogP contribution in [0.25, 0.3) is 0 Å². The summed E-state index contributed by atoms with van der Waals surface area (Å²) in [6, 6.07) is 3.51. The number of aliphatic carboxylic acids is 1. The van der Waals surface area contributed by atoms with Crippen molar-refractivity contribution < 1.29 is 24.2 Å². The maximum absolute atomic E-state index is 13.4. The molecule has 19 heavy (non-hydrogen) atoms. The second-order valence-electron chi connectivity index (χ2n) is 4.32. The number of aryl methyl sites for hydroxylation is 1. The highest BCUT2D eigenvalue weighted by atomic mass is 19.1. The third-order valence-electron chi connectivity index (χ3n) is 2.51. The van der Waals surface area contributed by atoms with Crippen molar-refractivity contribution in [1.82, 2.24) is 5.32 Å². The van der Waals surface area contributed by atoms with E-state index in [1.54, 1.807) is 13.0 Å². The number of benzene rings is 1. The number of aliphatic hydroxyl groups is 1. The molecular formula is C12H15FN2O4. The number of anilines is 1. The van der Waals surface area contributed by atoms with Gasteiger partial charge in [-0.25, -0.2) is 14.0 Å². The van der Waals surface area contributed by atoms with Gasteiger partial charge in [0.2, 0.25) is 0 Å². The van der Waals surface area contributed by atoms with Crippen LogP contribution in [0.4, 0.5) is 14.9 Å². The van der Waals surface area contributed by atoms with Crippen molar-refractivity contribution in [3.63, 3.8) is 0 Å². The number of carbonyl (C=O) groups is 2. The van der Waals surface area contributed by atoms with Gasteiger partial charge < -0.3 is 20.8 Å².